The zero-order chi connectivity index (χ0) is 8.81. The minimum Gasteiger partial charge on any atom is -0.466 e. The van der Waals surface area contributed by atoms with Crippen LogP contribution in [0.4, 0.5) is 0 Å². The molecule has 0 saturated carbocycles. The summed E-state index contributed by atoms with van der Waals surface area (Å²) in [4.78, 5) is 0. The van der Waals surface area contributed by atoms with Gasteiger partial charge in [-0.15, -0.1) is 11.8 Å². The molecule has 0 spiro atoms. The standard InChI is InChI=1S/C9H9NOS/c1-12-9(7-10)11-8-5-3-2-4-6-8/h2-6,9H,1H3. The van der Waals surface area contributed by atoms with Crippen LogP contribution in [0.15, 0.2) is 30.3 Å². The van der Waals surface area contributed by atoms with Crippen LogP contribution in [0.2, 0.25) is 0 Å². The third kappa shape index (κ3) is 2.48. The Bertz CT molecular complexity index is 268. The monoisotopic (exact) mass is 179 g/mol. The van der Waals surface area contributed by atoms with Crippen molar-refractivity contribution in [3.8, 4) is 11.8 Å². The predicted molar refractivity (Wildman–Crippen MR) is 50.0 cm³/mol. The number of rotatable bonds is 3. The van der Waals surface area contributed by atoms with Crippen molar-refractivity contribution in [3.05, 3.63) is 30.3 Å². The van der Waals surface area contributed by atoms with E-state index in [-0.39, 0.29) is 0 Å². The van der Waals surface area contributed by atoms with Gasteiger partial charge in [-0.25, -0.2) is 0 Å². The van der Waals surface area contributed by atoms with E-state index < -0.39 is 5.44 Å². The Hall–Kier alpha value is -1.14. The third-order valence-corrected chi connectivity index (χ3v) is 1.94. The first kappa shape index (κ1) is 8.95. The fraction of sp³-hybridized carbons (Fsp3) is 0.222. The molecule has 1 unspecified atom stereocenters. The van der Waals surface area contributed by atoms with Gasteiger partial charge in [-0.3, -0.25) is 0 Å². The van der Waals surface area contributed by atoms with Gasteiger partial charge in [0.2, 0.25) is 5.44 Å². The maximum Gasteiger partial charge on any atom is 0.230 e. The summed E-state index contributed by atoms with van der Waals surface area (Å²) >= 11 is 1.38. The van der Waals surface area contributed by atoms with Crippen molar-refractivity contribution in [3.63, 3.8) is 0 Å². The molecule has 1 rings (SSSR count). The Morgan fingerprint density at radius 3 is 2.58 bits per heavy atom. The molecule has 0 aliphatic rings. The van der Waals surface area contributed by atoms with Gasteiger partial charge in [0.05, 0.1) is 0 Å². The van der Waals surface area contributed by atoms with E-state index in [1.165, 1.54) is 11.8 Å². The highest BCUT2D eigenvalue weighted by Gasteiger charge is 2.04. The summed E-state index contributed by atoms with van der Waals surface area (Å²) in [6.45, 7) is 0. The number of hydrogen-bond acceptors (Lipinski definition) is 3. The molecule has 0 radical (unpaired) electrons. The quantitative estimate of drug-likeness (QED) is 0.667. The average molecular weight is 179 g/mol. The Kier molecular flexibility index (Phi) is 3.49. The molecule has 1 aromatic carbocycles. The fourth-order valence-electron chi connectivity index (χ4n) is 0.750. The minimum atomic E-state index is -0.410. The highest BCUT2D eigenvalue weighted by atomic mass is 32.2. The van der Waals surface area contributed by atoms with E-state index in [2.05, 4.69) is 0 Å². The molecule has 0 saturated heterocycles. The van der Waals surface area contributed by atoms with Gasteiger partial charge in [-0.05, 0) is 18.4 Å². The molecular formula is C9H9NOS. The van der Waals surface area contributed by atoms with E-state index in [0.717, 1.165) is 5.75 Å². The van der Waals surface area contributed by atoms with Crippen molar-refractivity contribution >= 4 is 11.8 Å². The molecule has 2 nitrogen and oxygen atoms in total. The summed E-state index contributed by atoms with van der Waals surface area (Å²) in [7, 11) is 0. The van der Waals surface area contributed by atoms with Crippen LogP contribution in [-0.2, 0) is 0 Å². The molecule has 0 bridgehead atoms. The van der Waals surface area contributed by atoms with Gasteiger partial charge in [0.1, 0.15) is 11.8 Å². The van der Waals surface area contributed by atoms with Gasteiger partial charge >= 0.3 is 0 Å². The van der Waals surface area contributed by atoms with Crippen molar-refractivity contribution in [2.75, 3.05) is 6.26 Å². The molecule has 0 fully saturated rings. The molecule has 1 aromatic rings. The number of thioether (sulfide) groups is 1. The highest BCUT2D eigenvalue weighted by molar-refractivity contribution is 7.99. The minimum absolute atomic E-state index is 0.410. The number of ether oxygens (including phenoxy) is 1. The van der Waals surface area contributed by atoms with E-state index in [9.17, 15) is 0 Å². The zero-order valence-corrected chi connectivity index (χ0v) is 7.54. The van der Waals surface area contributed by atoms with Crippen LogP contribution in [-0.4, -0.2) is 11.7 Å². The van der Waals surface area contributed by atoms with Crippen LogP contribution in [0.25, 0.3) is 0 Å². The van der Waals surface area contributed by atoms with Crippen LogP contribution in [0.1, 0.15) is 0 Å². The molecule has 0 N–H and O–H groups in total. The van der Waals surface area contributed by atoms with Gasteiger partial charge in [0, 0.05) is 0 Å². The van der Waals surface area contributed by atoms with Gasteiger partial charge in [-0.2, -0.15) is 5.26 Å². The molecule has 1 atom stereocenters. The van der Waals surface area contributed by atoms with Crippen molar-refractivity contribution in [2.24, 2.45) is 0 Å². The van der Waals surface area contributed by atoms with E-state index in [1.807, 2.05) is 42.7 Å². The zero-order valence-electron chi connectivity index (χ0n) is 6.73. The van der Waals surface area contributed by atoms with Crippen LogP contribution in [0.3, 0.4) is 0 Å². The van der Waals surface area contributed by atoms with E-state index in [0.29, 0.717) is 0 Å². The molecule has 3 heteroatoms. The second kappa shape index (κ2) is 4.68. The Morgan fingerprint density at radius 1 is 1.42 bits per heavy atom. The van der Waals surface area contributed by atoms with Crippen LogP contribution in [0.5, 0.6) is 5.75 Å². The lowest BCUT2D eigenvalue weighted by Crippen LogP contribution is -2.07. The summed E-state index contributed by atoms with van der Waals surface area (Å²) in [5.41, 5.74) is -0.410. The first-order valence-electron chi connectivity index (χ1n) is 3.51. The summed E-state index contributed by atoms with van der Waals surface area (Å²) in [5, 5.41) is 8.59. The predicted octanol–water partition coefficient (Wildman–Crippen LogP) is 2.28. The maximum atomic E-state index is 8.59. The summed E-state index contributed by atoms with van der Waals surface area (Å²) in [6, 6.07) is 11.4. The first-order chi connectivity index (χ1) is 5.86. The SMILES string of the molecule is CSC(C#N)Oc1ccccc1. The summed E-state index contributed by atoms with van der Waals surface area (Å²) in [6.07, 6.45) is 1.84. The topological polar surface area (TPSA) is 33.0 Å². The molecule has 0 aliphatic carbocycles. The smallest absolute Gasteiger partial charge is 0.230 e. The van der Waals surface area contributed by atoms with Crippen molar-refractivity contribution < 1.29 is 4.74 Å². The fourth-order valence-corrected chi connectivity index (χ4v) is 1.06. The number of benzene rings is 1. The Morgan fingerprint density at radius 2 is 2.08 bits per heavy atom. The van der Waals surface area contributed by atoms with Gasteiger partial charge in [0.25, 0.3) is 0 Å². The molecule has 0 aliphatic heterocycles. The third-order valence-electron chi connectivity index (χ3n) is 1.31. The van der Waals surface area contributed by atoms with Crippen molar-refractivity contribution in [1.29, 1.82) is 5.26 Å². The summed E-state index contributed by atoms with van der Waals surface area (Å²) < 4.78 is 5.31. The van der Waals surface area contributed by atoms with Crippen LogP contribution >= 0.6 is 11.8 Å². The number of nitriles is 1. The van der Waals surface area contributed by atoms with Gasteiger partial charge in [0.15, 0.2) is 0 Å². The molecule has 62 valence electrons. The number of hydrogen-bond donors (Lipinski definition) is 0. The molecule has 0 amide bonds. The lowest BCUT2D eigenvalue weighted by Gasteiger charge is -2.08. The number of para-hydroxylation sites is 1. The highest BCUT2D eigenvalue weighted by Crippen LogP contribution is 2.15. The van der Waals surface area contributed by atoms with E-state index in [4.69, 9.17) is 10.00 Å². The molecule has 0 aromatic heterocycles. The molecule has 12 heavy (non-hydrogen) atoms. The average Bonchev–Trinajstić information content (AvgIpc) is 2.16. The van der Waals surface area contributed by atoms with E-state index in [1.54, 1.807) is 0 Å². The second-order valence-corrected chi connectivity index (χ2v) is 3.03. The van der Waals surface area contributed by atoms with Crippen molar-refractivity contribution in [1.82, 2.24) is 0 Å². The number of nitrogens with zero attached hydrogens (tertiary/aromatic N) is 1. The molecule has 0 heterocycles. The van der Waals surface area contributed by atoms with E-state index >= 15 is 0 Å². The first-order valence-corrected chi connectivity index (χ1v) is 4.79. The maximum absolute atomic E-state index is 8.59. The lowest BCUT2D eigenvalue weighted by atomic mass is 10.3. The second-order valence-electron chi connectivity index (χ2n) is 2.13. The largest absolute Gasteiger partial charge is 0.466 e. The van der Waals surface area contributed by atoms with Gasteiger partial charge < -0.3 is 4.74 Å². The lowest BCUT2D eigenvalue weighted by molar-refractivity contribution is 0.338. The Labute approximate surface area is 76.2 Å². The van der Waals surface area contributed by atoms with Crippen molar-refractivity contribution in [2.45, 2.75) is 5.44 Å². The van der Waals surface area contributed by atoms with Gasteiger partial charge in [-0.1, -0.05) is 18.2 Å². The van der Waals surface area contributed by atoms with Crippen LogP contribution < -0.4 is 4.74 Å². The Balaban J connectivity index is 2.58. The normalized spacial score (nSPS) is 11.7. The molecular weight excluding hydrogens is 170 g/mol. The van der Waals surface area contributed by atoms with Crippen LogP contribution in [0, 0.1) is 11.3 Å². The summed E-state index contributed by atoms with van der Waals surface area (Å²) in [5.74, 6) is 0.735.